The Bertz CT molecular complexity index is 2870. The zero-order valence-electron chi connectivity index (χ0n) is 26.3. The van der Waals surface area contributed by atoms with Crippen LogP contribution in [0.3, 0.4) is 0 Å². The molecule has 10 rings (SSSR count). The molecular weight excluding hydrogens is 599 g/mol. The average Bonchev–Trinajstić information content (AvgIpc) is 3.57. The summed E-state index contributed by atoms with van der Waals surface area (Å²) in [5, 5.41) is 9.01. The zero-order valence-corrected chi connectivity index (χ0v) is 26.3. The molecule has 2 aromatic heterocycles. The number of benzene rings is 8. The molecule has 8 aromatic carbocycles. The van der Waals surface area contributed by atoms with Crippen molar-refractivity contribution in [1.82, 2.24) is 15.0 Å². The highest BCUT2D eigenvalue weighted by Gasteiger charge is 2.20. The molecule has 0 saturated carbocycles. The minimum absolute atomic E-state index is 0.603. The van der Waals surface area contributed by atoms with Gasteiger partial charge in [0.15, 0.2) is 17.5 Å². The Labute approximate surface area is 282 Å². The van der Waals surface area contributed by atoms with Crippen LogP contribution in [0.25, 0.3) is 99.5 Å². The molecule has 0 amide bonds. The van der Waals surface area contributed by atoms with Crippen molar-refractivity contribution in [2.75, 3.05) is 0 Å². The van der Waals surface area contributed by atoms with Crippen LogP contribution in [0.1, 0.15) is 0 Å². The van der Waals surface area contributed by atoms with Crippen molar-refractivity contribution in [1.29, 1.82) is 0 Å². The Kier molecular flexibility index (Phi) is 6.15. The Morgan fingerprint density at radius 3 is 1.78 bits per heavy atom. The summed E-state index contributed by atoms with van der Waals surface area (Å²) in [5.41, 5.74) is 6.74. The van der Waals surface area contributed by atoms with Gasteiger partial charge < -0.3 is 4.42 Å². The molecule has 0 atom stereocenters. The molecule has 0 radical (unpaired) electrons. The average molecular weight is 626 g/mol. The van der Waals surface area contributed by atoms with Gasteiger partial charge in [-0.05, 0) is 56.3 Å². The largest absolute Gasteiger partial charge is 0.456 e. The number of hydrogen-bond acceptors (Lipinski definition) is 4. The van der Waals surface area contributed by atoms with E-state index in [4.69, 9.17) is 19.4 Å². The minimum Gasteiger partial charge on any atom is -0.456 e. The summed E-state index contributed by atoms with van der Waals surface area (Å²) in [4.78, 5) is 15.7. The quantitative estimate of drug-likeness (QED) is 0.183. The normalized spacial score (nSPS) is 11.7. The second-order valence-corrected chi connectivity index (χ2v) is 12.4. The Morgan fingerprint density at radius 1 is 0.327 bits per heavy atom. The Morgan fingerprint density at radius 2 is 0.939 bits per heavy atom. The molecule has 0 spiro atoms. The number of para-hydroxylation sites is 1. The van der Waals surface area contributed by atoms with Gasteiger partial charge in [0, 0.05) is 32.8 Å². The van der Waals surface area contributed by atoms with Gasteiger partial charge in [0.05, 0.1) is 0 Å². The lowest BCUT2D eigenvalue weighted by Gasteiger charge is -2.14. The molecule has 0 unspecified atom stereocenters. The van der Waals surface area contributed by atoms with E-state index < -0.39 is 0 Å². The van der Waals surface area contributed by atoms with Gasteiger partial charge in [-0.3, -0.25) is 0 Å². The molecule has 2 heterocycles. The standard InChI is InChI=1S/C45H27N3O/c1-2-11-28(12-3-1)29-21-23-31(24-22-29)43-46-44(37-18-10-20-40-42(37)36-17-8-9-19-39(36)49-40)48-45(47-43)38-27-32-14-5-6-15-33(32)35-26-25-30-13-4-7-16-34(30)41(35)38/h1-27H. The molecule has 4 heteroatoms. The summed E-state index contributed by atoms with van der Waals surface area (Å²) >= 11 is 0. The molecule has 0 bridgehead atoms. The third-order valence-corrected chi connectivity index (χ3v) is 9.52. The predicted molar refractivity (Wildman–Crippen MR) is 201 cm³/mol. The van der Waals surface area contributed by atoms with Crippen LogP contribution in [-0.4, -0.2) is 15.0 Å². The van der Waals surface area contributed by atoms with Gasteiger partial charge in [-0.1, -0.05) is 146 Å². The first-order chi connectivity index (χ1) is 24.3. The number of hydrogen-bond donors (Lipinski definition) is 0. The topological polar surface area (TPSA) is 51.8 Å². The molecule has 49 heavy (non-hydrogen) atoms. The van der Waals surface area contributed by atoms with E-state index in [0.717, 1.165) is 55.0 Å². The first-order valence-electron chi connectivity index (χ1n) is 16.4. The summed E-state index contributed by atoms with van der Waals surface area (Å²) in [5.74, 6) is 1.85. The molecule has 0 fully saturated rings. The molecule has 0 saturated heterocycles. The highest BCUT2D eigenvalue weighted by atomic mass is 16.3. The van der Waals surface area contributed by atoms with Crippen molar-refractivity contribution in [2.45, 2.75) is 0 Å². The van der Waals surface area contributed by atoms with Gasteiger partial charge in [0.2, 0.25) is 0 Å². The minimum atomic E-state index is 0.603. The van der Waals surface area contributed by atoms with Gasteiger partial charge in [-0.15, -0.1) is 0 Å². The van der Waals surface area contributed by atoms with E-state index >= 15 is 0 Å². The fraction of sp³-hybridized carbons (Fsp3) is 0. The van der Waals surface area contributed by atoms with Crippen LogP contribution in [-0.2, 0) is 0 Å². The molecule has 10 aromatic rings. The van der Waals surface area contributed by atoms with E-state index in [1.807, 2.05) is 36.4 Å². The van der Waals surface area contributed by atoms with Gasteiger partial charge in [-0.25, -0.2) is 15.0 Å². The van der Waals surface area contributed by atoms with Crippen LogP contribution in [0.2, 0.25) is 0 Å². The molecule has 0 aliphatic heterocycles. The van der Waals surface area contributed by atoms with E-state index in [-0.39, 0.29) is 0 Å². The lowest BCUT2D eigenvalue weighted by Crippen LogP contribution is -2.01. The van der Waals surface area contributed by atoms with Crippen LogP contribution < -0.4 is 0 Å². The van der Waals surface area contributed by atoms with Crippen molar-refractivity contribution >= 4 is 54.3 Å². The van der Waals surface area contributed by atoms with Crippen molar-refractivity contribution in [3.63, 3.8) is 0 Å². The van der Waals surface area contributed by atoms with E-state index in [0.29, 0.717) is 17.5 Å². The monoisotopic (exact) mass is 625 g/mol. The van der Waals surface area contributed by atoms with Crippen LogP contribution in [0.4, 0.5) is 0 Å². The fourth-order valence-electron chi connectivity index (χ4n) is 7.21. The smallest absolute Gasteiger partial charge is 0.164 e. The molecule has 4 nitrogen and oxygen atoms in total. The second kappa shape index (κ2) is 11.0. The third kappa shape index (κ3) is 4.49. The first kappa shape index (κ1) is 27.5. The highest BCUT2D eigenvalue weighted by molar-refractivity contribution is 6.22. The van der Waals surface area contributed by atoms with Gasteiger partial charge in [-0.2, -0.15) is 0 Å². The molecule has 228 valence electrons. The lowest BCUT2D eigenvalue weighted by atomic mass is 9.92. The van der Waals surface area contributed by atoms with E-state index in [1.165, 1.54) is 27.1 Å². The summed E-state index contributed by atoms with van der Waals surface area (Å²) in [6.45, 7) is 0. The summed E-state index contributed by atoms with van der Waals surface area (Å²) in [7, 11) is 0. The molecule has 0 aliphatic rings. The maximum Gasteiger partial charge on any atom is 0.164 e. The maximum atomic E-state index is 6.28. The van der Waals surface area contributed by atoms with E-state index in [9.17, 15) is 0 Å². The van der Waals surface area contributed by atoms with Crippen molar-refractivity contribution in [2.24, 2.45) is 0 Å². The highest BCUT2D eigenvalue weighted by Crippen LogP contribution is 2.40. The van der Waals surface area contributed by atoms with Crippen molar-refractivity contribution in [3.8, 4) is 45.3 Å². The van der Waals surface area contributed by atoms with Gasteiger partial charge >= 0.3 is 0 Å². The van der Waals surface area contributed by atoms with Crippen LogP contribution >= 0.6 is 0 Å². The first-order valence-corrected chi connectivity index (χ1v) is 16.4. The molecule has 0 aliphatic carbocycles. The molecular formula is C45H27N3O. The van der Waals surface area contributed by atoms with E-state index in [2.05, 4.69) is 127 Å². The number of rotatable bonds is 4. The van der Waals surface area contributed by atoms with Crippen LogP contribution in [0.15, 0.2) is 168 Å². The van der Waals surface area contributed by atoms with E-state index in [1.54, 1.807) is 0 Å². The zero-order chi connectivity index (χ0) is 32.3. The van der Waals surface area contributed by atoms with Gasteiger partial charge in [0.25, 0.3) is 0 Å². The maximum absolute atomic E-state index is 6.28. The van der Waals surface area contributed by atoms with Gasteiger partial charge in [0.1, 0.15) is 11.2 Å². The van der Waals surface area contributed by atoms with Crippen LogP contribution in [0, 0.1) is 0 Å². The summed E-state index contributed by atoms with van der Waals surface area (Å²) < 4.78 is 6.28. The number of furan rings is 1. The predicted octanol–water partition coefficient (Wildman–Crippen LogP) is 11.9. The van der Waals surface area contributed by atoms with Crippen molar-refractivity contribution < 1.29 is 4.42 Å². The number of fused-ring (bicyclic) bond motifs is 8. The third-order valence-electron chi connectivity index (χ3n) is 9.52. The Hall–Kier alpha value is -6.65. The fourth-order valence-corrected chi connectivity index (χ4v) is 7.21. The summed E-state index contributed by atoms with van der Waals surface area (Å²) in [6, 6.07) is 56.9. The second-order valence-electron chi connectivity index (χ2n) is 12.4. The molecule has 0 N–H and O–H groups in total. The van der Waals surface area contributed by atoms with Crippen molar-refractivity contribution in [3.05, 3.63) is 164 Å². The number of nitrogens with zero attached hydrogens (tertiary/aromatic N) is 3. The SMILES string of the molecule is c1ccc(-c2ccc(-c3nc(-c4cccc5oc6ccccc6c45)nc(-c4cc5ccccc5c5ccc6ccccc6c45)n3)cc2)cc1. The summed E-state index contributed by atoms with van der Waals surface area (Å²) in [6.07, 6.45) is 0. The van der Waals surface area contributed by atoms with Crippen LogP contribution in [0.5, 0.6) is 0 Å². The lowest BCUT2D eigenvalue weighted by molar-refractivity contribution is 0.669. The Balaban J connectivity index is 1.28. The number of aromatic nitrogens is 3.